The first-order valence-electron chi connectivity index (χ1n) is 6.74. The Morgan fingerprint density at radius 3 is 2.90 bits per heavy atom. The SMILES string of the molecule is COC(=O)C1(Nc2cccc(F)c2)CCCC(OC)C1. The Labute approximate surface area is 118 Å². The summed E-state index contributed by atoms with van der Waals surface area (Å²) >= 11 is 0. The first kappa shape index (κ1) is 14.8. The maximum Gasteiger partial charge on any atom is 0.331 e. The van der Waals surface area contributed by atoms with Crippen molar-refractivity contribution < 1.29 is 18.7 Å². The third-order valence-electron chi connectivity index (χ3n) is 3.82. The second kappa shape index (κ2) is 6.22. The second-order valence-corrected chi connectivity index (χ2v) is 5.16. The summed E-state index contributed by atoms with van der Waals surface area (Å²) in [6.45, 7) is 0. The number of halogens is 1. The smallest absolute Gasteiger partial charge is 0.331 e. The molecule has 110 valence electrons. The van der Waals surface area contributed by atoms with E-state index in [0.29, 0.717) is 18.5 Å². The van der Waals surface area contributed by atoms with E-state index in [0.717, 1.165) is 12.8 Å². The minimum Gasteiger partial charge on any atom is -0.467 e. The van der Waals surface area contributed by atoms with Crippen LogP contribution in [0, 0.1) is 5.82 Å². The number of ether oxygens (including phenoxy) is 2. The van der Waals surface area contributed by atoms with Gasteiger partial charge >= 0.3 is 5.97 Å². The fraction of sp³-hybridized carbons (Fsp3) is 0.533. The van der Waals surface area contributed by atoms with Crippen LogP contribution in [0.25, 0.3) is 0 Å². The van der Waals surface area contributed by atoms with Crippen molar-refractivity contribution in [1.82, 2.24) is 0 Å². The number of hydrogen-bond acceptors (Lipinski definition) is 4. The molecule has 1 aliphatic carbocycles. The molecule has 1 saturated carbocycles. The van der Waals surface area contributed by atoms with Crippen molar-refractivity contribution in [3.05, 3.63) is 30.1 Å². The predicted octanol–water partition coefficient (Wildman–Crippen LogP) is 2.74. The second-order valence-electron chi connectivity index (χ2n) is 5.16. The molecule has 20 heavy (non-hydrogen) atoms. The van der Waals surface area contributed by atoms with Crippen LogP contribution in [0.5, 0.6) is 0 Å². The van der Waals surface area contributed by atoms with Crippen molar-refractivity contribution >= 4 is 11.7 Å². The summed E-state index contributed by atoms with van der Waals surface area (Å²) in [6.07, 6.45) is 2.95. The van der Waals surface area contributed by atoms with E-state index in [2.05, 4.69) is 5.32 Å². The van der Waals surface area contributed by atoms with Crippen molar-refractivity contribution in [3.63, 3.8) is 0 Å². The van der Waals surface area contributed by atoms with Crippen LogP contribution in [0.3, 0.4) is 0 Å². The van der Waals surface area contributed by atoms with Crippen LogP contribution in [0.15, 0.2) is 24.3 Å². The quantitative estimate of drug-likeness (QED) is 0.862. The Hall–Kier alpha value is -1.62. The van der Waals surface area contributed by atoms with Gasteiger partial charge in [-0.2, -0.15) is 0 Å². The van der Waals surface area contributed by atoms with Crippen LogP contribution in [0.1, 0.15) is 25.7 Å². The van der Waals surface area contributed by atoms with Gasteiger partial charge in [0.25, 0.3) is 0 Å². The molecule has 1 aliphatic rings. The first-order valence-corrected chi connectivity index (χ1v) is 6.74. The van der Waals surface area contributed by atoms with E-state index in [1.807, 2.05) is 0 Å². The summed E-state index contributed by atoms with van der Waals surface area (Å²) in [7, 11) is 3.01. The zero-order chi connectivity index (χ0) is 14.6. The van der Waals surface area contributed by atoms with Crippen LogP contribution in [-0.2, 0) is 14.3 Å². The lowest BCUT2D eigenvalue weighted by molar-refractivity contribution is -0.149. The van der Waals surface area contributed by atoms with Crippen LogP contribution < -0.4 is 5.32 Å². The van der Waals surface area contributed by atoms with Gasteiger partial charge in [0.2, 0.25) is 0 Å². The van der Waals surface area contributed by atoms with Gasteiger partial charge in [0.05, 0.1) is 13.2 Å². The number of hydrogen-bond donors (Lipinski definition) is 1. The number of nitrogens with one attached hydrogen (secondary N) is 1. The highest BCUT2D eigenvalue weighted by atomic mass is 19.1. The van der Waals surface area contributed by atoms with Gasteiger partial charge in [-0.25, -0.2) is 9.18 Å². The lowest BCUT2D eigenvalue weighted by Gasteiger charge is -2.39. The summed E-state index contributed by atoms with van der Waals surface area (Å²) in [4.78, 5) is 12.2. The van der Waals surface area contributed by atoms with Gasteiger partial charge in [-0.05, 0) is 37.5 Å². The van der Waals surface area contributed by atoms with E-state index in [9.17, 15) is 9.18 Å². The summed E-state index contributed by atoms with van der Waals surface area (Å²) in [5.41, 5.74) is -0.270. The number of benzene rings is 1. The minimum atomic E-state index is -0.846. The maximum atomic E-state index is 13.3. The number of carbonyl (C=O) groups excluding carboxylic acids is 1. The van der Waals surface area contributed by atoms with E-state index >= 15 is 0 Å². The Bertz CT molecular complexity index is 480. The summed E-state index contributed by atoms with van der Waals surface area (Å²) in [5, 5.41) is 3.16. The molecule has 1 aromatic rings. The van der Waals surface area contributed by atoms with Gasteiger partial charge < -0.3 is 14.8 Å². The Morgan fingerprint density at radius 1 is 1.45 bits per heavy atom. The topological polar surface area (TPSA) is 47.6 Å². The molecule has 1 N–H and O–H groups in total. The van der Waals surface area contributed by atoms with Gasteiger partial charge in [0, 0.05) is 19.2 Å². The standard InChI is InChI=1S/C15H20FNO3/c1-19-13-7-4-8-15(10-13,14(18)20-2)17-12-6-3-5-11(16)9-12/h3,5-6,9,13,17H,4,7-8,10H2,1-2H3. The lowest BCUT2D eigenvalue weighted by atomic mass is 9.79. The van der Waals surface area contributed by atoms with Crippen LogP contribution in [-0.4, -0.2) is 31.8 Å². The molecular formula is C15H20FNO3. The summed E-state index contributed by atoms with van der Waals surface area (Å²) in [5.74, 6) is -0.669. The molecule has 1 fully saturated rings. The molecule has 0 aliphatic heterocycles. The largest absolute Gasteiger partial charge is 0.467 e. The zero-order valence-electron chi connectivity index (χ0n) is 11.8. The fourth-order valence-electron chi connectivity index (χ4n) is 2.81. The van der Waals surface area contributed by atoms with Gasteiger partial charge in [0.1, 0.15) is 11.4 Å². The van der Waals surface area contributed by atoms with E-state index in [4.69, 9.17) is 9.47 Å². The number of anilines is 1. The molecule has 0 heterocycles. The average molecular weight is 281 g/mol. The van der Waals surface area contributed by atoms with Crippen molar-refractivity contribution in [2.24, 2.45) is 0 Å². The van der Waals surface area contributed by atoms with E-state index < -0.39 is 5.54 Å². The first-order chi connectivity index (χ1) is 9.59. The molecule has 0 amide bonds. The third kappa shape index (κ3) is 3.10. The molecule has 0 saturated heterocycles. The zero-order valence-corrected chi connectivity index (χ0v) is 11.8. The van der Waals surface area contributed by atoms with Crippen LogP contribution >= 0.6 is 0 Å². The number of rotatable bonds is 4. The third-order valence-corrected chi connectivity index (χ3v) is 3.82. The van der Waals surface area contributed by atoms with E-state index in [1.54, 1.807) is 19.2 Å². The molecule has 0 bridgehead atoms. The maximum absolute atomic E-state index is 13.3. The minimum absolute atomic E-state index is 0.00362. The lowest BCUT2D eigenvalue weighted by Crippen LogP contribution is -2.52. The molecule has 0 aromatic heterocycles. The van der Waals surface area contributed by atoms with Crippen LogP contribution in [0.2, 0.25) is 0 Å². The Morgan fingerprint density at radius 2 is 2.25 bits per heavy atom. The average Bonchev–Trinajstić information content (AvgIpc) is 2.46. The fourth-order valence-corrected chi connectivity index (χ4v) is 2.81. The molecular weight excluding hydrogens is 261 g/mol. The molecule has 2 atom stereocenters. The van der Waals surface area contributed by atoms with E-state index in [1.165, 1.54) is 19.2 Å². The molecule has 0 spiro atoms. The van der Waals surface area contributed by atoms with Gasteiger partial charge in [-0.1, -0.05) is 6.07 Å². The van der Waals surface area contributed by atoms with Crippen LogP contribution in [0.4, 0.5) is 10.1 Å². The van der Waals surface area contributed by atoms with Crippen molar-refractivity contribution in [2.45, 2.75) is 37.3 Å². The number of esters is 1. The highest BCUT2D eigenvalue weighted by molar-refractivity contribution is 5.84. The van der Waals surface area contributed by atoms with Crippen molar-refractivity contribution in [3.8, 4) is 0 Å². The summed E-state index contributed by atoms with van der Waals surface area (Å²) in [6, 6.07) is 6.10. The highest BCUT2D eigenvalue weighted by Crippen LogP contribution is 2.34. The number of methoxy groups -OCH3 is 2. The normalized spacial score (nSPS) is 26.1. The molecule has 1 aromatic carbocycles. The molecule has 4 nitrogen and oxygen atoms in total. The van der Waals surface area contributed by atoms with Crippen molar-refractivity contribution in [1.29, 1.82) is 0 Å². The highest BCUT2D eigenvalue weighted by Gasteiger charge is 2.44. The molecule has 5 heteroatoms. The predicted molar refractivity (Wildman–Crippen MR) is 74.0 cm³/mol. The Kier molecular flexibility index (Phi) is 4.60. The Balaban J connectivity index is 2.25. The van der Waals surface area contributed by atoms with Gasteiger partial charge in [-0.3, -0.25) is 0 Å². The summed E-state index contributed by atoms with van der Waals surface area (Å²) < 4.78 is 23.6. The monoisotopic (exact) mass is 281 g/mol. The van der Waals surface area contributed by atoms with Crippen molar-refractivity contribution in [2.75, 3.05) is 19.5 Å². The van der Waals surface area contributed by atoms with Gasteiger partial charge in [0.15, 0.2) is 0 Å². The van der Waals surface area contributed by atoms with Gasteiger partial charge in [-0.15, -0.1) is 0 Å². The molecule has 2 unspecified atom stereocenters. The molecule has 0 radical (unpaired) electrons. The molecule has 2 rings (SSSR count). The number of carbonyl (C=O) groups is 1. The van der Waals surface area contributed by atoms with E-state index in [-0.39, 0.29) is 17.9 Å².